The number of benzene rings is 2. The van der Waals surface area contributed by atoms with E-state index in [-0.39, 0.29) is 18.4 Å². The molecule has 0 fully saturated rings. The maximum Gasteiger partial charge on any atom is 0.241 e. The fourth-order valence-electron chi connectivity index (χ4n) is 2.42. The SMILES string of the molecule is COc1ccc(NC(=O)CN(C)[C@H](C)C(=O)Nc2ccccc2OC)cc1. The second kappa shape index (κ2) is 9.59. The summed E-state index contributed by atoms with van der Waals surface area (Å²) in [6.07, 6.45) is 0. The van der Waals surface area contributed by atoms with E-state index in [1.165, 1.54) is 0 Å². The van der Waals surface area contributed by atoms with Crippen LogP contribution in [0.2, 0.25) is 0 Å². The molecular weight excluding hydrogens is 346 g/mol. The number of carbonyl (C=O) groups excluding carboxylic acids is 2. The van der Waals surface area contributed by atoms with E-state index in [4.69, 9.17) is 9.47 Å². The summed E-state index contributed by atoms with van der Waals surface area (Å²) in [4.78, 5) is 26.4. The Morgan fingerprint density at radius 1 is 1.00 bits per heavy atom. The van der Waals surface area contributed by atoms with Gasteiger partial charge in [0.1, 0.15) is 11.5 Å². The van der Waals surface area contributed by atoms with Crippen molar-refractivity contribution in [1.29, 1.82) is 0 Å². The van der Waals surface area contributed by atoms with Crippen molar-refractivity contribution in [3.63, 3.8) is 0 Å². The van der Waals surface area contributed by atoms with Gasteiger partial charge in [0.2, 0.25) is 11.8 Å². The number of para-hydroxylation sites is 2. The molecule has 7 heteroatoms. The number of hydrogen-bond acceptors (Lipinski definition) is 5. The zero-order valence-corrected chi connectivity index (χ0v) is 16.0. The molecule has 0 aliphatic rings. The topological polar surface area (TPSA) is 79.9 Å². The number of likely N-dealkylation sites (N-methyl/N-ethyl adjacent to an activating group) is 1. The van der Waals surface area contributed by atoms with E-state index >= 15 is 0 Å². The molecule has 2 amide bonds. The van der Waals surface area contributed by atoms with Crippen LogP contribution in [0.15, 0.2) is 48.5 Å². The normalized spacial score (nSPS) is 11.6. The third-order valence-electron chi connectivity index (χ3n) is 4.17. The summed E-state index contributed by atoms with van der Waals surface area (Å²) >= 11 is 0. The van der Waals surface area contributed by atoms with Gasteiger partial charge in [-0.3, -0.25) is 14.5 Å². The molecule has 2 N–H and O–H groups in total. The maximum atomic E-state index is 12.5. The van der Waals surface area contributed by atoms with Crippen molar-refractivity contribution in [2.75, 3.05) is 38.4 Å². The summed E-state index contributed by atoms with van der Waals surface area (Å²) < 4.78 is 10.3. The van der Waals surface area contributed by atoms with Crippen LogP contribution in [0.1, 0.15) is 6.92 Å². The molecule has 0 aromatic heterocycles. The second-order valence-corrected chi connectivity index (χ2v) is 6.06. The van der Waals surface area contributed by atoms with Crippen LogP contribution in [0.4, 0.5) is 11.4 Å². The van der Waals surface area contributed by atoms with Gasteiger partial charge >= 0.3 is 0 Å². The molecule has 2 aromatic carbocycles. The lowest BCUT2D eigenvalue weighted by molar-refractivity contribution is -0.122. The highest BCUT2D eigenvalue weighted by atomic mass is 16.5. The lowest BCUT2D eigenvalue weighted by Crippen LogP contribution is -2.43. The smallest absolute Gasteiger partial charge is 0.241 e. The van der Waals surface area contributed by atoms with E-state index < -0.39 is 6.04 Å². The Bertz CT molecular complexity index is 777. The first-order chi connectivity index (χ1) is 12.9. The van der Waals surface area contributed by atoms with Crippen molar-refractivity contribution in [3.05, 3.63) is 48.5 Å². The molecule has 0 bridgehead atoms. The third kappa shape index (κ3) is 5.72. The van der Waals surface area contributed by atoms with Gasteiger partial charge in [0.25, 0.3) is 0 Å². The molecule has 144 valence electrons. The second-order valence-electron chi connectivity index (χ2n) is 6.06. The number of carbonyl (C=O) groups is 2. The van der Waals surface area contributed by atoms with Crippen LogP contribution in [0, 0.1) is 0 Å². The number of rotatable bonds is 8. The van der Waals surface area contributed by atoms with Gasteiger partial charge in [0.05, 0.1) is 32.5 Å². The number of ether oxygens (including phenoxy) is 2. The fraction of sp³-hybridized carbons (Fsp3) is 0.300. The largest absolute Gasteiger partial charge is 0.497 e. The number of methoxy groups -OCH3 is 2. The van der Waals surface area contributed by atoms with Crippen LogP contribution < -0.4 is 20.1 Å². The van der Waals surface area contributed by atoms with E-state index in [1.54, 1.807) is 69.5 Å². The van der Waals surface area contributed by atoms with Gasteiger partial charge in [0, 0.05) is 5.69 Å². The predicted octanol–water partition coefficient (Wildman–Crippen LogP) is 2.60. The average molecular weight is 371 g/mol. The molecule has 0 aliphatic carbocycles. The minimum Gasteiger partial charge on any atom is -0.497 e. The van der Waals surface area contributed by atoms with Crippen molar-refractivity contribution in [2.24, 2.45) is 0 Å². The van der Waals surface area contributed by atoms with Crippen LogP contribution in [0.3, 0.4) is 0 Å². The van der Waals surface area contributed by atoms with Crippen molar-refractivity contribution >= 4 is 23.2 Å². The summed E-state index contributed by atoms with van der Waals surface area (Å²) in [5, 5.41) is 5.62. The summed E-state index contributed by atoms with van der Waals surface area (Å²) in [5.41, 5.74) is 1.26. The minimum absolute atomic E-state index is 0.0759. The van der Waals surface area contributed by atoms with Crippen LogP contribution in [-0.2, 0) is 9.59 Å². The highest BCUT2D eigenvalue weighted by molar-refractivity contribution is 5.97. The zero-order chi connectivity index (χ0) is 19.8. The molecule has 27 heavy (non-hydrogen) atoms. The first kappa shape index (κ1) is 20.3. The maximum absolute atomic E-state index is 12.5. The Kier molecular flexibility index (Phi) is 7.19. The summed E-state index contributed by atoms with van der Waals surface area (Å²) in [6, 6.07) is 13.7. The number of hydrogen-bond donors (Lipinski definition) is 2. The van der Waals surface area contributed by atoms with Crippen molar-refractivity contribution < 1.29 is 19.1 Å². The van der Waals surface area contributed by atoms with E-state index in [0.717, 1.165) is 0 Å². The number of anilines is 2. The molecule has 0 heterocycles. The molecule has 0 spiro atoms. The van der Waals surface area contributed by atoms with E-state index in [2.05, 4.69) is 10.6 Å². The van der Waals surface area contributed by atoms with Crippen LogP contribution in [0.25, 0.3) is 0 Å². The van der Waals surface area contributed by atoms with Crippen LogP contribution >= 0.6 is 0 Å². The molecule has 0 saturated carbocycles. The fourth-order valence-corrected chi connectivity index (χ4v) is 2.42. The third-order valence-corrected chi connectivity index (χ3v) is 4.17. The zero-order valence-electron chi connectivity index (χ0n) is 16.0. The van der Waals surface area contributed by atoms with Crippen LogP contribution in [-0.4, -0.2) is 50.6 Å². The van der Waals surface area contributed by atoms with Crippen LogP contribution in [0.5, 0.6) is 11.5 Å². The number of nitrogens with zero attached hydrogens (tertiary/aromatic N) is 1. The van der Waals surface area contributed by atoms with Gasteiger partial charge in [-0.2, -0.15) is 0 Å². The molecule has 0 aliphatic heterocycles. The van der Waals surface area contributed by atoms with Gasteiger partial charge in [-0.05, 0) is 50.4 Å². The molecule has 0 radical (unpaired) electrons. The lowest BCUT2D eigenvalue weighted by Gasteiger charge is -2.23. The summed E-state index contributed by atoms with van der Waals surface area (Å²) in [6.45, 7) is 1.82. The Labute approximate surface area is 159 Å². The Morgan fingerprint density at radius 2 is 1.67 bits per heavy atom. The molecule has 2 aromatic rings. The van der Waals surface area contributed by atoms with Gasteiger partial charge in [-0.25, -0.2) is 0 Å². The Balaban J connectivity index is 1.90. The summed E-state index contributed by atoms with van der Waals surface area (Å²) in [7, 11) is 4.85. The highest BCUT2D eigenvalue weighted by Gasteiger charge is 2.21. The van der Waals surface area contributed by atoms with E-state index in [1.807, 2.05) is 12.1 Å². The quantitative estimate of drug-likeness (QED) is 0.746. The lowest BCUT2D eigenvalue weighted by atomic mass is 10.2. The van der Waals surface area contributed by atoms with Crippen molar-refractivity contribution in [3.8, 4) is 11.5 Å². The summed E-state index contributed by atoms with van der Waals surface area (Å²) in [5.74, 6) is 0.864. The van der Waals surface area contributed by atoms with E-state index in [0.29, 0.717) is 22.9 Å². The monoisotopic (exact) mass is 371 g/mol. The minimum atomic E-state index is -0.503. The predicted molar refractivity (Wildman–Crippen MR) is 105 cm³/mol. The Hall–Kier alpha value is -3.06. The van der Waals surface area contributed by atoms with Gasteiger partial charge in [-0.1, -0.05) is 12.1 Å². The molecule has 1 atom stereocenters. The van der Waals surface area contributed by atoms with Gasteiger partial charge in [0.15, 0.2) is 0 Å². The van der Waals surface area contributed by atoms with Gasteiger partial charge < -0.3 is 20.1 Å². The first-order valence-corrected chi connectivity index (χ1v) is 8.52. The number of amides is 2. The standard InChI is InChI=1S/C20H25N3O4/c1-14(20(25)22-17-7-5-6-8-18(17)27-4)23(2)13-19(24)21-15-9-11-16(26-3)12-10-15/h5-12,14H,13H2,1-4H3,(H,21,24)(H,22,25)/t14-/m1/s1. The van der Waals surface area contributed by atoms with Gasteiger partial charge in [-0.15, -0.1) is 0 Å². The Morgan fingerprint density at radius 3 is 2.30 bits per heavy atom. The molecular formula is C20H25N3O4. The molecule has 2 rings (SSSR count). The van der Waals surface area contributed by atoms with Crippen molar-refractivity contribution in [2.45, 2.75) is 13.0 Å². The van der Waals surface area contributed by atoms with Crippen molar-refractivity contribution in [1.82, 2.24) is 4.90 Å². The molecule has 0 saturated heterocycles. The molecule has 7 nitrogen and oxygen atoms in total. The molecule has 0 unspecified atom stereocenters. The van der Waals surface area contributed by atoms with E-state index in [9.17, 15) is 9.59 Å². The number of nitrogens with one attached hydrogen (secondary N) is 2. The highest BCUT2D eigenvalue weighted by Crippen LogP contribution is 2.23. The average Bonchev–Trinajstić information content (AvgIpc) is 2.68. The first-order valence-electron chi connectivity index (χ1n) is 8.52.